The van der Waals surface area contributed by atoms with Crippen LogP contribution in [0.25, 0.3) is 10.2 Å². The van der Waals surface area contributed by atoms with Gasteiger partial charge in [-0.1, -0.05) is 0 Å². The number of amides is 1. The van der Waals surface area contributed by atoms with Crippen molar-refractivity contribution < 1.29 is 4.79 Å². The van der Waals surface area contributed by atoms with Crippen molar-refractivity contribution in [1.29, 1.82) is 0 Å². The van der Waals surface area contributed by atoms with Gasteiger partial charge < -0.3 is 5.73 Å². The molecule has 0 spiro atoms. The molecule has 3 aromatic rings. The van der Waals surface area contributed by atoms with Crippen LogP contribution in [0, 0.1) is 13.8 Å². The van der Waals surface area contributed by atoms with Crippen molar-refractivity contribution in [1.82, 2.24) is 14.3 Å². The topological polar surface area (TPSA) is 93.8 Å². The number of pyridine rings is 1. The molecular weight excluding hydrogens is 294 g/mol. The summed E-state index contributed by atoms with van der Waals surface area (Å²) < 4.78 is 4.02. The van der Waals surface area contributed by atoms with Gasteiger partial charge in [-0.05, 0) is 25.5 Å². The minimum atomic E-state index is -0.277. The van der Waals surface area contributed by atoms with E-state index in [1.807, 2.05) is 13.0 Å². The van der Waals surface area contributed by atoms with Crippen molar-refractivity contribution in [2.75, 3.05) is 11.1 Å². The summed E-state index contributed by atoms with van der Waals surface area (Å²) in [5.41, 5.74) is 7.55. The molecular formula is C12H11N5OS2. The number of rotatable bonds is 2. The van der Waals surface area contributed by atoms with Crippen LogP contribution >= 0.6 is 22.9 Å². The van der Waals surface area contributed by atoms with Crippen molar-refractivity contribution >= 4 is 49.8 Å². The maximum atomic E-state index is 12.3. The number of hydrogen-bond donors (Lipinski definition) is 2. The highest BCUT2D eigenvalue weighted by Crippen LogP contribution is 2.34. The molecule has 0 saturated heterocycles. The van der Waals surface area contributed by atoms with E-state index in [9.17, 15) is 4.79 Å². The number of nitrogens with two attached hydrogens (primary N) is 1. The Balaban J connectivity index is 1.99. The van der Waals surface area contributed by atoms with E-state index in [1.165, 1.54) is 11.3 Å². The third kappa shape index (κ3) is 2.12. The number of carbonyl (C=O) groups is 1. The Morgan fingerprint density at radius 2 is 2.20 bits per heavy atom. The fraction of sp³-hybridized carbons (Fsp3) is 0.167. The molecule has 20 heavy (non-hydrogen) atoms. The second-order valence-electron chi connectivity index (χ2n) is 4.25. The van der Waals surface area contributed by atoms with Gasteiger partial charge in [0.1, 0.15) is 15.5 Å². The second-order valence-corrected chi connectivity index (χ2v) is 6.00. The van der Waals surface area contributed by atoms with E-state index in [2.05, 4.69) is 19.7 Å². The number of carbonyl (C=O) groups excluding carboxylic acids is 1. The molecule has 0 aliphatic rings. The van der Waals surface area contributed by atoms with Gasteiger partial charge in [-0.25, -0.2) is 9.97 Å². The van der Waals surface area contributed by atoms with Gasteiger partial charge in [0, 0.05) is 23.1 Å². The van der Waals surface area contributed by atoms with E-state index in [4.69, 9.17) is 5.73 Å². The molecule has 0 aliphatic carbocycles. The van der Waals surface area contributed by atoms with E-state index in [0.717, 1.165) is 27.3 Å². The lowest BCUT2D eigenvalue weighted by Gasteiger charge is -2.00. The van der Waals surface area contributed by atoms with Crippen LogP contribution in [-0.2, 0) is 0 Å². The molecule has 8 heteroatoms. The van der Waals surface area contributed by atoms with Gasteiger partial charge in [0.15, 0.2) is 0 Å². The largest absolute Gasteiger partial charge is 0.397 e. The van der Waals surface area contributed by atoms with Gasteiger partial charge >= 0.3 is 0 Å². The van der Waals surface area contributed by atoms with Gasteiger partial charge in [-0.3, -0.25) is 10.1 Å². The Kier molecular flexibility index (Phi) is 3.11. The summed E-state index contributed by atoms with van der Waals surface area (Å²) >= 11 is 2.42. The molecule has 0 saturated carbocycles. The third-order valence-electron chi connectivity index (χ3n) is 2.79. The van der Waals surface area contributed by atoms with Gasteiger partial charge in [0.25, 0.3) is 5.91 Å². The van der Waals surface area contributed by atoms with Gasteiger partial charge in [0.2, 0.25) is 5.13 Å². The molecule has 1 amide bonds. The molecule has 102 valence electrons. The SMILES string of the molecule is Cc1nsc(NC(=O)c2sc3nccc(C)c3c2N)n1. The fourth-order valence-electron chi connectivity index (χ4n) is 1.87. The lowest BCUT2D eigenvalue weighted by atomic mass is 10.2. The Morgan fingerprint density at radius 3 is 2.85 bits per heavy atom. The Hall–Kier alpha value is -2.06. The van der Waals surface area contributed by atoms with Crippen molar-refractivity contribution in [3.8, 4) is 0 Å². The van der Waals surface area contributed by atoms with Crippen LogP contribution in [0.15, 0.2) is 12.3 Å². The standard InChI is InChI=1S/C12H11N5OS2/c1-5-3-4-14-11-7(5)8(13)9(19-11)10(18)16-12-15-6(2)17-20-12/h3-4H,13H2,1-2H3,(H,15,16,17,18). The molecule has 0 radical (unpaired) electrons. The molecule has 3 heterocycles. The quantitative estimate of drug-likeness (QED) is 0.759. The maximum absolute atomic E-state index is 12.3. The first-order valence-electron chi connectivity index (χ1n) is 5.81. The van der Waals surface area contributed by atoms with Crippen LogP contribution < -0.4 is 11.1 Å². The molecule has 0 aromatic carbocycles. The van der Waals surface area contributed by atoms with E-state index >= 15 is 0 Å². The first-order chi connectivity index (χ1) is 9.56. The molecule has 3 aromatic heterocycles. The van der Waals surface area contributed by atoms with Crippen molar-refractivity contribution in [3.05, 3.63) is 28.5 Å². The summed E-state index contributed by atoms with van der Waals surface area (Å²) in [6.45, 7) is 3.72. The highest BCUT2D eigenvalue weighted by Gasteiger charge is 2.19. The molecule has 0 fully saturated rings. The predicted molar refractivity (Wildman–Crippen MR) is 81.4 cm³/mol. The van der Waals surface area contributed by atoms with Crippen LogP contribution in [0.3, 0.4) is 0 Å². The van der Waals surface area contributed by atoms with Crippen molar-refractivity contribution in [2.45, 2.75) is 13.8 Å². The predicted octanol–water partition coefficient (Wildman–Crippen LogP) is 2.60. The number of fused-ring (bicyclic) bond motifs is 1. The second kappa shape index (κ2) is 4.80. The zero-order chi connectivity index (χ0) is 14.3. The maximum Gasteiger partial charge on any atom is 0.269 e. The van der Waals surface area contributed by atoms with Crippen LogP contribution in [-0.4, -0.2) is 20.2 Å². The smallest absolute Gasteiger partial charge is 0.269 e. The van der Waals surface area contributed by atoms with Crippen LogP contribution in [0.5, 0.6) is 0 Å². The van der Waals surface area contributed by atoms with Crippen molar-refractivity contribution in [3.63, 3.8) is 0 Å². The van der Waals surface area contributed by atoms with Crippen LogP contribution in [0.2, 0.25) is 0 Å². The summed E-state index contributed by atoms with van der Waals surface area (Å²) in [6, 6.07) is 1.88. The summed E-state index contributed by atoms with van der Waals surface area (Å²) in [5, 5.41) is 4.02. The van der Waals surface area contributed by atoms with Crippen LogP contribution in [0.4, 0.5) is 10.8 Å². The monoisotopic (exact) mass is 305 g/mol. The number of anilines is 2. The van der Waals surface area contributed by atoms with Gasteiger partial charge in [-0.15, -0.1) is 11.3 Å². The normalized spacial score (nSPS) is 10.9. The summed E-state index contributed by atoms with van der Waals surface area (Å²) in [4.78, 5) is 21.8. The number of nitrogens with one attached hydrogen (secondary N) is 1. The Morgan fingerprint density at radius 1 is 1.40 bits per heavy atom. The first kappa shape index (κ1) is 12.9. The van der Waals surface area contributed by atoms with Crippen LogP contribution in [0.1, 0.15) is 21.1 Å². The van der Waals surface area contributed by atoms with Crippen molar-refractivity contribution in [2.24, 2.45) is 0 Å². The number of aromatic nitrogens is 3. The summed E-state index contributed by atoms with van der Waals surface area (Å²) in [6.07, 6.45) is 1.71. The number of aryl methyl sites for hydroxylation is 2. The summed E-state index contributed by atoms with van der Waals surface area (Å²) in [7, 11) is 0. The number of hydrogen-bond acceptors (Lipinski definition) is 7. The summed E-state index contributed by atoms with van der Waals surface area (Å²) in [5.74, 6) is 0.355. The fourth-order valence-corrected chi connectivity index (χ4v) is 3.48. The third-order valence-corrected chi connectivity index (χ3v) is 4.63. The molecule has 0 bridgehead atoms. The minimum Gasteiger partial charge on any atom is -0.397 e. The minimum absolute atomic E-state index is 0.277. The van der Waals surface area contributed by atoms with E-state index in [-0.39, 0.29) is 5.91 Å². The lowest BCUT2D eigenvalue weighted by molar-refractivity contribution is 0.103. The van der Waals surface area contributed by atoms with Gasteiger partial charge in [-0.2, -0.15) is 4.37 Å². The van der Waals surface area contributed by atoms with E-state index in [0.29, 0.717) is 21.5 Å². The van der Waals surface area contributed by atoms with E-state index < -0.39 is 0 Å². The average Bonchev–Trinajstić information content (AvgIpc) is 2.95. The molecule has 0 unspecified atom stereocenters. The molecule has 6 nitrogen and oxygen atoms in total. The molecule has 0 atom stereocenters. The molecule has 3 rings (SSSR count). The van der Waals surface area contributed by atoms with Gasteiger partial charge in [0.05, 0.1) is 5.69 Å². The average molecular weight is 305 g/mol. The highest BCUT2D eigenvalue weighted by molar-refractivity contribution is 7.21. The Bertz CT molecular complexity index is 807. The van der Waals surface area contributed by atoms with E-state index in [1.54, 1.807) is 13.1 Å². The molecule has 0 aliphatic heterocycles. The zero-order valence-electron chi connectivity index (χ0n) is 10.8. The number of thiophene rings is 1. The zero-order valence-corrected chi connectivity index (χ0v) is 12.4. The number of nitrogens with zero attached hydrogens (tertiary/aromatic N) is 3. The highest BCUT2D eigenvalue weighted by atomic mass is 32.1. The molecule has 3 N–H and O–H groups in total. The number of nitrogen functional groups attached to an aromatic ring is 1. The first-order valence-corrected chi connectivity index (χ1v) is 7.40. The Labute approximate surface area is 122 Å². The lowest BCUT2D eigenvalue weighted by Crippen LogP contribution is -2.11.